The smallest absolute Gasteiger partial charge is 0.265 e. The van der Waals surface area contributed by atoms with Crippen LogP contribution in [0.5, 0.6) is 0 Å². The van der Waals surface area contributed by atoms with Crippen LogP contribution in [0, 0.1) is 0 Å². The Hall–Kier alpha value is -1.59. The van der Waals surface area contributed by atoms with E-state index in [2.05, 4.69) is 0 Å². The van der Waals surface area contributed by atoms with E-state index in [0.717, 1.165) is 15.6 Å². The lowest BCUT2D eigenvalue weighted by Crippen LogP contribution is -2.22. The van der Waals surface area contributed by atoms with Crippen LogP contribution in [0.1, 0.15) is 6.42 Å². The highest BCUT2D eigenvalue weighted by molar-refractivity contribution is 8.26. The van der Waals surface area contributed by atoms with Gasteiger partial charge in [-0.3, -0.25) is 14.2 Å². The average molecular weight is 455 g/mol. The fourth-order valence-corrected chi connectivity index (χ4v) is 5.38. The third-order valence-electron chi connectivity index (χ3n) is 4.00. The van der Waals surface area contributed by atoms with Crippen molar-refractivity contribution >= 4 is 61.8 Å². The molecule has 3 rings (SSSR count). The maximum Gasteiger partial charge on any atom is 0.265 e. The number of carbonyl (C=O) groups excluding carboxylic acids is 1. The maximum absolute atomic E-state index is 12.0. The third kappa shape index (κ3) is 5.06. The van der Waals surface area contributed by atoms with Gasteiger partial charge >= 0.3 is 0 Å². The third-order valence-corrected chi connectivity index (χ3v) is 7.44. The zero-order valence-electron chi connectivity index (χ0n) is 14.9. The predicted octanol–water partition coefficient (Wildman–Crippen LogP) is 3.65. The second kappa shape index (κ2) is 8.83. The summed E-state index contributed by atoms with van der Waals surface area (Å²) in [6, 6.07) is 7.87. The Morgan fingerprint density at radius 2 is 1.89 bits per heavy atom. The summed E-state index contributed by atoms with van der Waals surface area (Å²) in [6.07, 6.45) is 7.59. The molecule has 10 heteroatoms. The molecule has 1 saturated heterocycles. The number of hydrogen-bond acceptors (Lipinski definition) is 7. The highest BCUT2D eigenvalue weighted by Crippen LogP contribution is 2.45. The zero-order chi connectivity index (χ0) is 20.3. The number of hydrogen-bond donors (Lipinski definition) is 1. The minimum absolute atomic E-state index is 0.109. The van der Waals surface area contributed by atoms with Crippen LogP contribution in [-0.2, 0) is 14.9 Å². The molecule has 1 fully saturated rings. The standard InChI is InChI=1S/C18H18N2O4S4/c1-19-17(21)15(27-18(19)25)9-4-5-10-16-20(11-6-12-28(22,23)24)13-7-2-3-8-14(13)26-16/h2-5,7-10H,6,11-12H2,1H3,(H,22,23,24). The second-order valence-corrected chi connectivity index (χ2v) is 10.3. The van der Waals surface area contributed by atoms with Gasteiger partial charge in [-0.05, 0) is 30.7 Å². The van der Waals surface area contributed by atoms with Crippen molar-refractivity contribution in [3.05, 3.63) is 58.5 Å². The summed E-state index contributed by atoms with van der Waals surface area (Å²) in [6.45, 7) is 0.470. The van der Waals surface area contributed by atoms with Crippen molar-refractivity contribution in [1.82, 2.24) is 4.90 Å². The van der Waals surface area contributed by atoms with E-state index in [4.69, 9.17) is 16.8 Å². The lowest BCUT2D eigenvalue weighted by atomic mass is 10.3. The van der Waals surface area contributed by atoms with Crippen LogP contribution >= 0.6 is 35.7 Å². The van der Waals surface area contributed by atoms with E-state index >= 15 is 0 Å². The Kier molecular flexibility index (Phi) is 6.66. The van der Waals surface area contributed by atoms with Gasteiger partial charge in [-0.25, -0.2) is 0 Å². The summed E-state index contributed by atoms with van der Waals surface area (Å²) in [5.74, 6) is -0.389. The molecule has 0 radical (unpaired) electrons. The van der Waals surface area contributed by atoms with Gasteiger partial charge in [0.05, 0.1) is 21.4 Å². The predicted molar refractivity (Wildman–Crippen MR) is 119 cm³/mol. The lowest BCUT2D eigenvalue weighted by Gasteiger charge is -2.19. The minimum Gasteiger partial charge on any atom is -0.335 e. The number of benzene rings is 1. The molecule has 1 N–H and O–H groups in total. The highest BCUT2D eigenvalue weighted by atomic mass is 32.2. The number of fused-ring (bicyclic) bond motifs is 1. The number of amides is 1. The Morgan fingerprint density at radius 1 is 1.18 bits per heavy atom. The van der Waals surface area contributed by atoms with E-state index in [1.807, 2.05) is 41.3 Å². The zero-order valence-corrected chi connectivity index (χ0v) is 18.2. The summed E-state index contributed by atoms with van der Waals surface area (Å²) in [5, 5.41) is 0.948. The molecule has 0 spiro atoms. The number of carbonyl (C=O) groups is 1. The fraction of sp³-hybridized carbons (Fsp3) is 0.222. The number of para-hydroxylation sites is 1. The van der Waals surface area contributed by atoms with Gasteiger partial charge < -0.3 is 4.90 Å². The molecule has 2 aliphatic heterocycles. The highest BCUT2D eigenvalue weighted by Gasteiger charge is 2.28. The number of anilines is 1. The van der Waals surface area contributed by atoms with E-state index in [0.29, 0.717) is 22.2 Å². The van der Waals surface area contributed by atoms with Gasteiger partial charge in [-0.1, -0.05) is 60.0 Å². The van der Waals surface area contributed by atoms with Crippen molar-refractivity contribution in [2.45, 2.75) is 11.3 Å². The molecule has 0 unspecified atom stereocenters. The van der Waals surface area contributed by atoms with Crippen molar-refractivity contribution in [2.24, 2.45) is 0 Å². The molecule has 0 atom stereocenters. The molecular weight excluding hydrogens is 436 g/mol. The van der Waals surface area contributed by atoms with Crippen molar-refractivity contribution < 1.29 is 17.8 Å². The van der Waals surface area contributed by atoms with E-state index in [1.54, 1.807) is 31.0 Å². The van der Waals surface area contributed by atoms with Gasteiger partial charge in [-0.2, -0.15) is 8.42 Å². The molecule has 6 nitrogen and oxygen atoms in total. The maximum atomic E-state index is 12.0. The van der Waals surface area contributed by atoms with Crippen LogP contribution in [0.15, 0.2) is 63.4 Å². The van der Waals surface area contributed by atoms with Crippen LogP contribution < -0.4 is 4.90 Å². The van der Waals surface area contributed by atoms with Gasteiger partial charge in [0.25, 0.3) is 16.0 Å². The molecule has 1 amide bonds. The number of rotatable bonds is 6. The summed E-state index contributed by atoms with van der Waals surface area (Å²) in [7, 11) is -2.32. The number of nitrogens with zero attached hydrogens (tertiary/aromatic N) is 2. The van der Waals surface area contributed by atoms with Gasteiger partial charge in [0, 0.05) is 18.5 Å². The summed E-state index contributed by atoms with van der Waals surface area (Å²) < 4.78 is 31.5. The SMILES string of the molecule is CN1C(=O)C(=CC=CC=C2Sc3ccccc3N2CCCS(=O)(=O)O)SC1=S. The average Bonchev–Trinajstić information content (AvgIpc) is 3.10. The first-order valence-electron chi connectivity index (χ1n) is 8.34. The van der Waals surface area contributed by atoms with Gasteiger partial charge in [0.15, 0.2) is 0 Å². The Labute approximate surface area is 178 Å². The largest absolute Gasteiger partial charge is 0.335 e. The first-order valence-corrected chi connectivity index (χ1v) is 12.0. The number of allylic oxidation sites excluding steroid dienone is 4. The molecule has 2 aliphatic rings. The van der Waals surface area contributed by atoms with Gasteiger partial charge in [0.2, 0.25) is 0 Å². The van der Waals surface area contributed by atoms with Crippen LogP contribution in [0.4, 0.5) is 5.69 Å². The van der Waals surface area contributed by atoms with Crippen molar-refractivity contribution in [3.8, 4) is 0 Å². The Morgan fingerprint density at radius 3 is 2.57 bits per heavy atom. The summed E-state index contributed by atoms with van der Waals surface area (Å²) in [5.41, 5.74) is 1.01. The van der Waals surface area contributed by atoms with Crippen LogP contribution in [0.2, 0.25) is 0 Å². The molecule has 0 bridgehead atoms. The quantitative estimate of drug-likeness (QED) is 0.397. The molecule has 2 heterocycles. The molecule has 0 aliphatic carbocycles. The Bertz CT molecular complexity index is 999. The summed E-state index contributed by atoms with van der Waals surface area (Å²) >= 11 is 7.96. The first kappa shape index (κ1) is 21.1. The second-order valence-electron chi connectivity index (χ2n) is 6.01. The minimum atomic E-state index is -3.98. The van der Waals surface area contributed by atoms with Crippen LogP contribution in [0.25, 0.3) is 0 Å². The lowest BCUT2D eigenvalue weighted by molar-refractivity contribution is -0.121. The van der Waals surface area contributed by atoms with E-state index in [-0.39, 0.29) is 11.7 Å². The normalized spacial score (nSPS) is 20.2. The van der Waals surface area contributed by atoms with Gasteiger partial charge in [-0.15, -0.1) is 0 Å². The number of thioether (sulfide) groups is 2. The van der Waals surface area contributed by atoms with E-state index in [1.165, 1.54) is 16.7 Å². The van der Waals surface area contributed by atoms with Gasteiger partial charge in [0.1, 0.15) is 4.32 Å². The van der Waals surface area contributed by atoms with Crippen molar-refractivity contribution in [2.75, 3.05) is 24.2 Å². The molecule has 28 heavy (non-hydrogen) atoms. The molecule has 0 aromatic heterocycles. The molecular formula is C18H18N2O4S4. The molecule has 1 aromatic rings. The Balaban J connectivity index is 1.74. The van der Waals surface area contributed by atoms with Crippen LogP contribution in [-0.4, -0.2) is 47.4 Å². The summed E-state index contributed by atoms with van der Waals surface area (Å²) in [4.78, 5) is 17.1. The number of thiocarbonyl (C=S) groups is 1. The van der Waals surface area contributed by atoms with E-state index in [9.17, 15) is 13.2 Å². The monoisotopic (exact) mass is 454 g/mol. The first-order chi connectivity index (χ1) is 13.3. The number of likely N-dealkylation sites (N-methyl/N-ethyl adjacent to an activating group) is 1. The van der Waals surface area contributed by atoms with E-state index < -0.39 is 10.1 Å². The van der Waals surface area contributed by atoms with Crippen molar-refractivity contribution in [1.29, 1.82) is 0 Å². The van der Waals surface area contributed by atoms with Crippen molar-refractivity contribution in [3.63, 3.8) is 0 Å². The molecule has 148 valence electrons. The molecule has 1 aromatic carbocycles. The fourth-order valence-electron chi connectivity index (χ4n) is 2.65. The van der Waals surface area contributed by atoms with Crippen LogP contribution in [0.3, 0.4) is 0 Å². The molecule has 0 saturated carbocycles. The topological polar surface area (TPSA) is 77.9 Å².